The third-order valence-corrected chi connectivity index (χ3v) is 5.76. The van der Waals surface area contributed by atoms with Crippen LogP contribution in [0.15, 0.2) is 48.5 Å². The van der Waals surface area contributed by atoms with Crippen molar-refractivity contribution in [2.75, 3.05) is 30.3 Å². The molecule has 1 heterocycles. The maximum absolute atomic E-state index is 13.9. The molecule has 0 aromatic heterocycles. The van der Waals surface area contributed by atoms with Gasteiger partial charge in [-0.1, -0.05) is 18.2 Å². The topological polar surface area (TPSA) is 66.9 Å². The highest BCUT2D eigenvalue weighted by Gasteiger charge is 2.20. The van der Waals surface area contributed by atoms with E-state index in [1.807, 2.05) is 0 Å². The van der Waals surface area contributed by atoms with Crippen molar-refractivity contribution in [3.05, 3.63) is 59.9 Å². The van der Waals surface area contributed by atoms with Crippen LogP contribution in [0.5, 0.6) is 5.75 Å². The van der Waals surface area contributed by atoms with Crippen LogP contribution in [0.3, 0.4) is 0 Å². The Morgan fingerprint density at radius 1 is 1.11 bits per heavy atom. The predicted molar refractivity (Wildman–Crippen MR) is 105 cm³/mol. The fraction of sp³-hybridized carbons (Fsp3) is 0.350. The second-order valence-electron chi connectivity index (χ2n) is 6.73. The molecule has 2 aromatic carbocycles. The van der Waals surface area contributed by atoms with E-state index in [4.69, 9.17) is 4.74 Å². The summed E-state index contributed by atoms with van der Waals surface area (Å²) < 4.78 is 45.0. The molecule has 0 N–H and O–H groups in total. The summed E-state index contributed by atoms with van der Waals surface area (Å²) in [5.41, 5.74) is 0.674. The van der Waals surface area contributed by atoms with Crippen LogP contribution in [0.25, 0.3) is 0 Å². The first-order valence-corrected chi connectivity index (χ1v) is 10.9. The van der Waals surface area contributed by atoms with Gasteiger partial charge in [-0.05, 0) is 43.2 Å². The lowest BCUT2D eigenvalue weighted by Crippen LogP contribution is -2.32. The highest BCUT2D eigenvalue weighted by atomic mass is 32.2. The number of sulfonamides is 1. The number of carbonyl (C=O) groups is 1. The average molecular weight is 406 g/mol. The molecule has 1 fully saturated rings. The van der Waals surface area contributed by atoms with Crippen molar-refractivity contribution in [2.24, 2.45) is 0 Å². The van der Waals surface area contributed by atoms with E-state index in [1.165, 1.54) is 6.07 Å². The fourth-order valence-electron chi connectivity index (χ4n) is 3.09. The zero-order chi connectivity index (χ0) is 20.1. The van der Waals surface area contributed by atoms with E-state index in [0.29, 0.717) is 11.4 Å². The van der Waals surface area contributed by atoms with Gasteiger partial charge in [0.1, 0.15) is 11.6 Å². The Hall–Kier alpha value is -2.61. The SMILES string of the molecule is CS(=O)(=O)N(Cc1ccccc1F)c1ccc(OCC(=O)N2CCCC2)cc1. The van der Waals surface area contributed by atoms with Crippen molar-refractivity contribution in [3.63, 3.8) is 0 Å². The monoisotopic (exact) mass is 406 g/mol. The van der Waals surface area contributed by atoms with Gasteiger partial charge in [-0.2, -0.15) is 0 Å². The van der Waals surface area contributed by atoms with E-state index < -0.39 is 15.8 Å². The Morgan fingerprint density at radius 3 is 2.36 bits per heavy atom. The van der Waals surface area contributed by atoms with Gasteiger partial charge in [-0.25, -0.2) is 12.8 Å². The predicted octanol–water partition coefficient (Wildman–Crippen LogP) is 2.79. The number of nitrogens with zero attached hydrogens (tertiary/aromatic N) is 2. The molecule has 1 saturated heterocycles. The molecule has 0 atom stereocenters. The zero-order valence-corrected chi connectivity index (χ0v) is 16.5. The number of hydrogen-bond donors (Lipinski definition) is 0. The standard InChI is InChI=1S/C20H23FN2O4S/c1-28(25,26)23(14-16-6-2-3-7-19(16)21)17-8-10-18(11-9-17)27-15-20(24)22-12-4-5-13-22/h2-3,6-11H,4-5,12-15H2,1H3. The highest BCUT2D eigenvalue weighted by molar-refractivity contribution is 7.92. The van der Waals surface area contributed by atoms with Gasteiger partial charge in [0, 0.05) is 18.7 Å². The summed E-state index contributed by atoms with van der Waals surface area (Å²) in [6.45, 7) is 1.37. The minimum atomic E-state index is -3.62. The lowest BCUT2D eigenvalue weighted by atomic mass is 10.2. The van der Waals surface area contributed by atoms with Gasteiger partial charge >= 0.3 is 0 Å². The van der Waals surface area contributed by atoms with Crippen molar-refractivity contribution in [2.45, 2.75) is 19.4 Å². The van der Waals surface area contributed by atoms with Crippen molar-refractivity contribution < 1.29 is 22.3 Å². The molecular weight excluding hydrogens is 383 g/mol. The molecule has 6 nitrogen and oxygen atoms in total. The van der Waals surface area contributed by atoms with Crippen LogP contribution in [-0.2, 0) is 21.4 Å². The van der Waals surface area contributed by atoms with Crippen LogP contribution < -0.4 is 9.04 Å². The minimum Gasteiger partial charge on any atom is -0.484 e. The van der Waals surface area contributed by atoms with Gasteiger partial charge in [-0.15, -0.1) is 0 Å². The molecule has 0 unspecified atom stereocenters. The molecule has 8 heteroatoms. The number of likely N-dealkylation sites (tertiary alicyclic amines) is 1. The van der Waals surface area contributed by atoms with Gasteiger partial charge in [0.25, 0.3) is 5.91 Å². The molecule has 0 aliphatic carbocycles. The average Bonchev–Trinajstić information content (AvgIpc) is 3.20. The number of rotatable bonds is 7. The summed E-state index contributed by atoms with van der Waals surface area (Å²) in [7, 11) is -3.62. The van der Waals surface area contributed by atoms with E-state index in [-0.39, 0.29) is 24.6 Å². The van der Waals surface area contributed by atoms with E-state index in [1.54, 1.807) is 47.4 Å². The first-order valence-electron chi connectivity index (χ1n) is 9.06. The maximum atomic E-state index is 13.9. The molecule has 1 amide bonds. The van der Waals surface area contributed by atoms with E-state index in [0.717, 1.165) is 36.5 Å². The molecule has 3 rings (SSSR count). The smallest absolute Gasteiger partial charge is 0.260 e. The van der Waals surface area contributed by atoms with Gasteiger partial charge in [0.05, 0.1) is 18.5 Å². The number of benzene rings is 2. The zero-order valence-electron chi connectivity index (χ0n) is 15.7. The summed E-state index contributed by atoms with van der Waals surface area (Å²) in [6, 6.07) is 12.4. The summed E-state index contributed by atoms with van der Waals surface area (Å²) in [5.74, 6) is -0.0499. The number of halogens is 1. The Kier molecular flexibility index (Phi) is 6.18. The first-order chi connectivity index (χ1) is 13.3. The maximum Gasteiger partial charge on any atom is 0.260 e. The van der Waals surface area contributed by atoms with Crippen LogP contribution in [0.2, 0.25) is 0 Å². The third kappa shape index (κ3) is 5.01. The lowest BCUT2D eigenvalue weighted by molar-refractivity contribution is -0.132. The lowest BCUT2D eigenvalue weighted by Gasteiger charge is -2.23. The molecule has 0 saturated carbocycles. The first kappa shape index (κ1) is 20.1. The molecule has 0 bridgehead atoms. The molecule has 0 spiro atoms. The fourth-order valence-corrected chi connectivity index (χ4v) is 3.97. The molecule has 1 aliphatic rings. The van der Waals surface area contributed by atoms with Crippen molar-refractivity contribution in [1.82, 2.24) is 4.90 Å². The van der Waals surface area contributed by atoms with Crippen LogP contribution >= 0.6 is 0 Å². The van der Waals surface area contributed by atoms with E-state index >= 15 is 0 Å². The largest absolute Gasteiger partial charge is 0.484 e. The van der Waals surface area contributed by atoms with Crippen LogP contribution in [0.4, 0.5) is 10.1 Å². The van der Waals surface area contributed by atoms with Gasteiger partial charge in [0.2, 0.25) is 10.0 Å². The molecular formula is C20H23FN2O4S. The highest BCUT2D eigenvalue weighted by Crippen LogP contribution is 2.24. The second kappa shape index (κ2) is 8.60. The number of carbonyl (C=O) groups excluding carboxylic acids is 1. The quantitative estimate of drug-likeness (QED) is 0.709. The van der Waals surface area contributed by atoms with Crippen LogP contribution in [0, 0.1) is 5.82 Å². The van der Waals surface area contributed by atoms with Crippen LogP contribution in [0.1, 0.15) is 18.4 Å². The number of anilines is 1. The summed E-state index contributed by atoms with van der Waals surface area (Å²) in [5, 5.41) is 0. The summed E-state index contributed by atoms with van der Waals surface area (Å²) >= 11 is 0. The molecule has 0 radical (unpaired) electrons. The van der Waals surface area contributed by atoms with Crippen molar-refractivity contribution in [3.8, 4) is 5.75 Å². The molecule has 28 heavy (non-hydrogen) atoms. The van der Waals surface area contributed by atoms with Crippen molar-refractivity contribution in [1.29, 1.82) is 0 Å². The van der Waals surface area contributed by atoms with Gasteiger partial charge < -0.3 is 9.64 Å². The molecule has 1 aliphatic heterocycles. The Labute approximate surface area is 164 Å². The van der Waals surface area contributed by atoms with Gasteiger partial charge in [0.15, 0.2) is 6.61 Å². The van der Waals surface area contributed by atoms with Crippen molar-refractivity contribution >= 4 is 21.6 Å². The second-order valence-corrected chi connectivity index (χ2v) is 8.64. The van der Waals surface area contributed by atoms with E-state index in [9.17, 15) is 17.6 Å². The Bertz CT molecular complexity index is 925. The number of amides is 1. The van der Waals surface area contributed by atoms with Crippen LogP contribution in [-0.4, -0.2) is 45.2 Å². The number of hydrogen-bond acceptors (Lipinski definition) is 4. The molecule has 2 aromatic rings. The molecule has 150 valence electrons. The Balaban J connectivity index is 1.70. The van der Waals surface area contributed by atoms with Gasteiger partial charge in [-0.3, -0.25) is 9.10 Å². The summed E-state index contributed by atoms with van der Waals surface area (Å²) in [6.07, 6.45) is 3.11. The summed E-state index contributed by atoms with van der Waals surface area (Å²) in [4.78, 5) is 13.8. The normalized spacial score (nSPS) is 14.1. The number of ether oxygens (including phenoxy) is 1. The Morgan fingerprint density at radius 2 is 1.75 bits per heavy atom. The minimum absolute atomic E-state index is 0.0512. The van der Waals surface area contributed by atoms with E-state index in [2.05, 4.69) is 0 Å². The third-order valence-electron chi connectivity index (χ3n) is 4.62.